The van der Waals surface area contributed by atoms with E-state index in [4.69, 9.17) is 23.2 Å². The van der Waals surface area contributed by atoms with E-state index < -0.39 is 10.8 Å². The summed E-state index contributed by atoms with van der Waals surface area (Å²) in [5, 5.41) is 18.7. The molecule has 8 nitrogen and oxygen atoms in total. The van der Waals surface area contributed by atoms with Crippen LogP contribution in [0, 0.1) is 10.1 Å². The Morgan fingerprint density at radius 3 is 2.86 bits per heavy atom. The van der Waals surface area contributed by atoms with Crippen molar-refractivity contribution < 1.29 is 9.72 Å². The van der Waals surface area contributed by atoms with Gasteiger partial charge in [-0.05, 0) is 17.7 Å². The summed E-state index contributed by atoms with van der Waals surface area (Å²) >= 11 is 11.6. The molecule has 114 valence electrons. The first-order valence-electron chi connectivity index (χ1n) is 5.89. The van der Waals surface area contributed by atoms with Gasteiger partial charge in [0.15, 0.2) is 0 Å². The van der Waals surface area contributed by atoms with E-state index in [1.165, 1.54) is 6.21 Å². The van der Waals surface area contributed by atoms with Gasteiger partial charge in [-0.3, -0.25) is 19.6 Å². The average Bonchev–Trinajstić information content (AvgIpc) is 2.91. The average molecular weight is 342 g/mol. The molecule has 1 aromatic heterocycles. The molecular formula is C12H9Cl2N5O3. The molecule has 10 heteroatoms. The number of hydrogen-bond donors (Lipinski definition) is 1. The number of nitrogens with zero attached hydrogens (tertiary/aromatic N) is 4. The summed E-state index contributed by atoms with van der Waals surface area (Å²) in [7, 11) is 0. The maximum absolute atomic E-state index is 11.6. The Kier molecular flexibility index (Phi) is 5.08. The Bertz CT molecular complexity index is 744. The summed E-state index contributed by atoms with van der Waals surface area (Å²) in [5.74, 6) is -0.477. The van der Waals surface area contributed by atoms with E-state index in [2.05, 4.69) is 15.6 Å². The lowest BCUT2D eigenvalue weighted by Gasteiger charge is -2.00. The number of halogens is 2. The van der Waals surface area contributed by atoms with E-state index in [0.29, 0.717) is 15.6 Å². The summed E-state index contributed by atoms with van der Waals surface area (Å²) in [6.45, 7) is -0.188. The third-order valence-electron chi connectivity index (χ3n) is 2.48. The van der Waals surface area contributed by atoms with E-state index in [0.717, 1.165) is 17.1 Å². The monoisotopic (exact) mass is 341 g/mol. The molecule has 0 aliphatic carbocycles. The molecule has 0 bridgehead atoms. The standard InChI is InChI=1S/C12H9Cl2N5O3/c13-10-2-1-8(3-11(10)14)4-15-17-12(20)7-18-6-9(5-16-18)19(21)22/h1-6H,7H2,(H,17,20)/b15-4+. The third kappa shape index (κ3) is 4.27. The van der Waals surface area contributed by atoms with Crippen molar-refractivity contribution in [2.24, 2.45) is 5.10 Å². The number of carbonyl (C=O) groups excluding carboxylic acids is 1. The molecule has 0 radical (unpaired) electrons. The number of rotatable bonds is 5. The van der Waals surface area contributed by atoms with E-state index >= 15 is 0 Å². The second kappa shape index (κ2) is 7.01. The Labute approximate surface area is 134 Å². The molecule has 1 aromatic carbocycles. The van der Waals surface area contributed by atoms with Crippen LogP contribution in [0.4, 0.5) is 5.69 Å². The molecule has 1 N–H and O–H groups in total. The highest BCUT2D eigenvalue weighted by molar-refractivity contribution is 6.42. The molecule has 0 aliphatic rings. The fourth-order valence-electron chi connectivity index (χ4n) is 1.49. The highest BCUT2D eigenvalue weighted by atomic mass is 35.5. The molecule has 0 spiro atoms. The van der Waals surface area contributed by atoms with Gasteiger partial charge in [-0.2, -0.15) is 10.2 Å². The minimum Gasteiger partial charge on any atom is -0.271 e. The van der Waals surface area contributed by atoms with Gasteiger partial charge in [0.2, 0.25) is 0 Å². The smallest absolute Gasteiger partial charge is 0.271 e. The Balaban J connectivity index is 1.90. The topological polar surface area (TPSA) is 102 Å². The number of nitro groups is 1. The van der Waals surface area contributed by atoms with Crippen LogP contribution in [0.15, 0.2) is 35.7 Å². The van der Waals surface area contributed by atoms with Crippen LogP contribution < -0.4 is 5.43 Å². The van der Waals surface area contributed by atoms with Crippen LogP contribution in [-0.4, -0.2) is 26.8 Å². The lowest BCUT2D eigenvalue weighted by atomic mass is 10.2. The van der Waals surface area contributed by atoms with Crippen molar-refractivity contribution >= 4 is 41.0 Å². The SMILES string of the molecule is O=C(Cn1cc([N+](=O)[O-])cn1)N/N=C/c1ccc(Cl)c(Cl)c1. The zero-order chi connectivity index (χ0) is 16.1. The van der Waals surface area contributed by atoms with E-state index in [1.807, 2.05) is 0 Å². The summed E-state index contributed by atoms with van der Waals surface area (Å²) in [6.07, 6.45) is 3.61. The van der Waals surface area contributed by atoms with Crippen molar-refractivity contribution in [3.8, 4) is 0 Å². The van der Waals surface area contributed by atoms with Gasteiger partial charge in [0.25, 0.3) is 5.91 Å². The van der Waals surface area contributed by atoms with Gasteiger partial charge in [0.1, 0.15) is 18.9 Å². The highest BCUT2D eigenvalue weighted by Crippen LogP contribution is 2.21. The fraction of sp³-hybridized carbons (Fsp3) is 0.0833. The molecule has 22 heavy (non-hydrogen) atoms. The summed E-state index contributed by atoms with van der Waals surface area (Å²) in [6, 6.07) is 4.88. The maximum Gasteiger partial charge on any atom is 0.307 e. The number of hydrazone groups is 1. The minimum atomic E-state index is -0.593. The van der Waals surface area contributed by atoms with Crippen molar-refractivity contribution in [2.75, 3.05) is 0 Å². The van der Waals surface area contributed by atoms with Crippen LogP contribution >= 0.6 is 23.2 Å². The molecule has 0 unspecified atom stereocenters. The lowest BCUT2D eigenvalue weighted by Crippen LogP contribution is -2.23. The maximum atomic E-state index is 11.6. The number of benzene rings is 1. The highest BCUT2D eigenvalue weighted by Gasteiger charge is 2.10. The molecule has 1 amide bonds. The first-order chi connectivity index (χ1) is 10.5. The van der Waals surface area contributed by atoms with E-state index in [9.17, 15) is 14.9 Å². The summed E-state index contributed by atoms with van der Waals surface area (Å²) < 4.78 is 1.14. The van der Waals surface area contributed by atoms with Gasteiger partial charge >= 0.3 is 5.69 Å². The zero-order valence-corrected chi connectivity index (χ0v) is 12.5. The summed E-state index contributed by atoms with van der Waals surface area (Å²) in [5.41, 5.74) is 2.74. The molecule has 0 saturated carbocycles. The first kappa shape index (κ1) is 15.9. The third-order valence-corrected chi connectivity index (χ3v) is 3.22. The lowest BCUT2D eigenvalue weighted by molar-refractivity contribution is -0.385. The van der Waals surface area contributed by atoms with Gasteiger partial charge < -0.3 is 0 Å². The zero-order valence-electron chi connectivity index (χ0n) is 10.9. The van der Waals surface area contributed by atoms with E-state index in [-0.39, 0.29) is 12.2 Å². The van der Waals surface area contributed by atoms with Crippen LogP contribution in [0.2, 0.25) is 10.0 Å². The number of amides is 1. The number of carbonyl (C=O) groups is 1. The first-order valence-corrected chi connectivity index (χ1v) is 6.65. The Morgan fingerprint density at radius 1 is 1.45 bits per heavy atom. The minimum absolute atomic E-state index is 0.188. The largest absolute Gasteiger partial charge is 0.307 e. The van der Waals surface area contributed by atoms with Crippen LogP contribution in [-0.2, 0) is 11.3 Å². The molecule has 1 heterocycles. The van der Waals surface area contributed by atoms with Crippen molar-refractivity contribution in [1.29, 1.82) is 0 Å². The van der Waals surface area contributed by atoms with Gasteiger partial charge in [-0.15, -0.1) is 0 Å². The number of hydrogen-bond acceptors (Lipinski definition) is 5. The second-order valence-electron chi connectivity index (χ2n) is 4.12. The van der Waals surface area contributed by atoms with Crippen LogP contribution in [0.3, 0.4) is 0 Å². The van der Waals surface area contributed by atoms with Gasteiger partial charge in [-0.1, -0.05) is 29.3 Å². The Morgan fingerprint density at radius 2 is 2.23 bits per heavy atom. The molecule has 0 atom stereocenters. The molecule has 2 rings (SSSR count). The predicted molar refractivity (Wildman–Crippen MR) is 81.1 cm³/mol. The molecule has 0 fully saturated rings. The number of nitrogens with one attached hydrogen (secondary N) is 1. The molecular weight excluding hydrogens is 333 g/mol. The molecule has 2 aromatic rings. The molecule has 0 saturated heterocycles. The van der Waals surface area contributed by atoms with Crippen LogP contribution in [0.5, 0.6) is 0 Å². The van der Waals surface area contributed by atoms with E-state index in [1.54, 1.807) is 18.2 Å². The van der Waals surface area contributed by atoms with Crippen LogP contribution in [0.1, 0.15) is 5.56 Å². The second-order valence-corrected chi connectivity index (χ2v) is 4.93. The normalized spacial score (nSPS) is 10.8. The van der Waals surface area contributed by atoms with Gasteiger partial charge in [0, 0.05) is 0 Å². The van der Waals surface area contributed by atoms with Crippen molar-refractivity contribution in [2.45, 2.75) is 6.54 Å². The van der Waals surface area contributed by atoms with Crippen molar-refractivity contribution in [3.05, 3.63) is 56.3 Å². The van der Waals surface area contributed by atoms with Gasteiger partial charge in [0.05, 0.1) is 21.2 Å². The molecule has 0 aliphatic heterocycles. The van der Waals surface area contributed by atoms with Crippen LogP contribution in [0.25, 0.3) is 0 Å². The van der Waals surface area contributed by atoms with Crippen molar-refractivity contribution in [3.63, 3.8) is 0 Å². The predicted octanol–water partition coefficient (Wildman–Crippen LogP) is 2.25. The van der Waals surface area contributed by atoms with Gasteiger partial charge in [-0.25, -0.2) is 5.43 Å². The summed E-state index contributed by atoms with van der Waals surface area (Å²) in [4.78, 5) is 21.5. The number of aromatic nitrogens is 2. The van der Waals surface area contributed by atoms with Crippen molar-refractivity contribution in [1.82, 2.24) is 15.2 Å². The quantitative estimate of drug-likeness (QED) is 0.511. The Hall–Kier alpha value is -2.45. The fourth-order valence-corrected chi connectivity index (χ4v) is 1.79.